The van der Waals surface area contributed by atoms with Gasteiger partial charge in [-0.25, -0.2) is 4.39 Å². The van der Waals surface area contributed by atoms with Gasteiger partial charge in [0.05, 0.1) is 5.52 Å². The first-order valence-electron chi connectivity index (χ1n) is 5.29. The van der Waals surface area contributed by atoms with Crippen LogP contribution in [0.4, 0.5) is 4.39 Å². The van der Waals surface area contributed by atoms with Gasteiger partial charge in [-0.1, -0.05) is 6.07 Å². The fraction of sp³-hybridized carbons (Fsp3) is 0.333. The molecule has 2 heterocycles. The number of aromatic nitrogens is 1. The van der Waals surface area contributed by atoms with Gasteiger partial charge in [-0.15, -0.1) is 0 Å². The molecule has 0 bridgehead atoms. The molecule has 0 radical (unpaired) electrons. The van der Waals surface area contributed by atoms with Crippen molar-refractivity contribution in [2.75, 3.05) is 6.54 Å². The standard InChI is InChI=1S/C12H13FN2/c13-10-2-1-3-11-9(10)6-12-8(7-14)4-5-15(11)12/h1-3,6,8H,4-5,7,14H2. The zero-order valence-corrected chi connectivity index (χ0v) is 8.41. The van der Waals surface area contributed by atoms with Crippen LogP contribution >= 0.6 is 0 Å². The Kier molecular flexibility index (Phi) is 1.83. The molecule has 78 valence electrons. The first-order chi connectivity index (χ1) is 7.31. The van der Waals surface area contributed by atoms with Crippen LogP contribution in [0.15, 0.2) is 24.3 Å². The van der Waals surface area contributed by atoms with Gasteiger partial charge < -0.3 is 10.3 Å². The summed E-state index contributed by atoms with van der Waals surface area (Å²) >= 11 is 0. The fourth-order valence-electron chi connectivity index (χ4n) is 2.53. The summed E-state index contributed by atoms with van der Waals surface area (Å²) in [6.45, 7) is 1.61. The molecule has 0 amide bonds. The van der Waals surface area contributed by atoms with Gasteiger partial charge in [0.2, 0.25) is 0 Å². The molecule has 0 saturated heterocycles. The molecule has 1 atom stereocenters. The summed E-state index contributed by atoms with van der Waals surface area (Å²) in [4.78, 5) is 0. The van der Waals surface area contributed by atoms with E-state index >= 15 is 0 Å². The van der Waals surface area contributed by atoms with Crippen LogP contribution < -0.4 is 5.73 Å². The second-order valence-corrected chi connectivity index (χ2v) is 4.11. The second-order valence-electron chi connectivity index (χ2n) is 4.11. The lowest BCUT2D eigenvalue weighted by Crippen LogP contribution is -2.08. The van der Waals surface area contributed by atoms with Crippen molar-refractivity contribution >= 4 is 10.9 Å². The smallest absolute Gasteiger partial charge is 0.132 e. The van der Waals surface area contributed by atoms with Gasteiger partial charge in [0, 0.05) is 30.1 Å². The summed E-state index contributed by atoms with van der Waals surface area (Å²) in [5, 5.41) is 0.727. The Labute approximate surface area is 87.5 Å². The van der Waals surface area contributed by atoms with Gasteiger partial charge >= 0.3 is 0 Å². The number of halogens is 1. The molecule has 1 unspecified atom stereocenters. The van der Waals surface area contributed by atoms with E-state index in [0.29, 0.717) is 12.5 Å². The van der Waals surface area contributed by atoms with Crippen LogP contribution in [0.5, 0.6) is 0 Å². The molecule has 1 aromatic carbocycles. The Morgan fingerprint density at radius 1 is 1.47 bits per heavy atom. The zero-order valence-electron chi connectivity index (χ0n) is 8.41. The van der Waals surface area contributed by atoms with E-state index in [1.54, 1.807) is 6.07 Å². The quantitative estimate of drug-likeness (QED) is 0.758. The van der Waals surface area contributed by atoms with E-state index in [2.05, 4.69) is 4.57 Å². The van der Waals surface area contributed by atoms with Crippen molar-refractivity contribution in [3.63, 3.8) is 0 Å². The normalized spacial score (nSPS) is 19.7. The van der Waals surface area contributed by atoms with Crippen LogP contribution in [0.25, 0.3) is 10.9 Å². The predicted octanol–water partition coefficient (Wildman–Crippen LogP) is 2.23. The van der Waals surface area contributed by atoms with Crippen LogP contribution in [-0.4, -0.2) is 11.1 Å². The Morgan fingerprint density at radius 2 is 2.33 bits per heavy atom. The number of nitrogens with zero attached hydrogens (tertiary/aromatic N) is 1. The number of nitrogens with two attached hydrogens (primary N) is 1. The summed E-state index contributed by atoms with van der Waals surface area (Å²) < 4.78 is 15.7. The third-order valence-electron chi connectivity index (χ3n) is 3.33. The van der Waals surface area contributed by atoms with Gasteiger partial charge in [0.15, 0.2) is 0 Å². The van der Waals surface area contributed by atoms with Crippen molar-refractivity contribution < 1.29 is 4.39 Å². The lowest BCUT2D eigenvalue weighted by molar-refractivity contribution is 0.638. The second kappa shape index (κ2) is 3.07. The number of rotatable bonds is 1. The monoisotopic (exact) mass is 204 g/mol. The topological polar surface area (TPSA) is 30.9 Å². The van der Waals surface area contributed by atoms with Crippen molar-refractivity contribution in [1.82, 2.24) is 4.57 Å². The van der Waals surface area contributed by atoms with Crippen LogP contribution in [0.2, 0.25) is 0 Å². The third kappa shape index (κ3) is 1.13. The van der Waals surface area contributed by atoms with Crippen molar-refractivity contribution in [1.29, 1.82) is 0 Å². The SMILES string of the molecule is NCC1CCn2c1cc1c(F)cccc12. The molecule has 1 aliphatic heterocycles. The maximum absolute atomic E-state index is 13.5. The largest absolute Gasteiger partial charge is 0.344 e. The minimum absolute atomic E-state index is 0.134. The number of benzene rings is 1. The lowest BCUT2D eigenvalue weighted by Gasteiger charge is -2.02. The molecular formula is C12H13FN2. The molecule has 2 N–H and O–H groups in total. The molecule has 15 heavy (non-hydrogen) atoms. The number of aryl methyl sites for hydroxylation is 1. The number of fused-ring (bicyclic) bond motifs is 3. The average molecular weight is 204 g/mol. The van der Waals surface area contributed by atoms with E-state index in [0.717, 1.165) is 23.9 Å². The summed E-state index contributed by atoms with van der Waals surface area (Å²) in [6.07, 6.45) is 1.08. The predicted molar refractivity (Wildman–Crippen MR) is 58.3 cm³/mol. The molecule has 2 aromatic rings. The minimum Gasteiger partial charge on any atom is -0.344 e. The molecule has 0 fully saturated rings. The Bertz CT molecular complexity index is 516. The Hall–Kier alpha value is -1.35. The highest BCUT2D eigenvalue weighted by Crippen LogP contribution is 2.34. The maximum atomic E-state index is 13.5. The molecule has 3 rings (SSSR count). The van der Waals surface area contributed by atoms with Gasteiger partial charge in [0.25, 0.3) is 0 Å². The van der Waals surface area contributed by atoms with Crippen LogP contribution in [-0.2, 0) is 6.54 Å². The molecule has 1 aromatic heterocycles. The lowest BCUT2D eigenvalue weighted by atomic mass is 10.0. The molecule has 0 aliphatic carbocycles. The Balaban J connectivity index is 2.29. The van der Waals surface area contributed by atoms with Crippen LogP contribution in [0.1, 0.15) is 18.0 Å². The molecule has 0 saturated carbocycles. The van der Waals surface area contributed by atoms with Crippen molar-refractivity contribution in [3.05, 3.63) is 35.8 Å². The summed E-state index contributed by atoms with van der Waals surface area (Å²) in [5.74, 6) is 0.266. The van der Waals surface area contributed by atoms with E-state index in [4.69, 9.17) is 5.73 Å². The zero-order chi connectivity index (χ0) is 10.4. The van der Waals surface area contributed by atoms with E-state index in [-0.39, 0.29) is 5.82 Å². The van der Waals surface area contributed by atoms with E-state index in [9.17, 15) is 4.39 Å². The van der Waals surface area contributed by atoms with E-state index < -0.39 is 0 Å². The highest BCUT2D eigenvalue weighted by Gasteiger charge is 2.24. The van der Waals surface area contributed by atoms with Crippen LogP contribution in [0, 0.1) is 5.82 Å². The molecular weight excluding hydrogens is 191 g/mol. The average Bonchev–Trinajstić information content (AvgIpc) is 2.77. The highest BCUT2D eigenvalue weighted by atomic mass is 19.1. The van der Waals surface area contributed by atoms with E-state index in [1.807, 2.05) is 12.1 Å². The van der Waals surface area contributed by atoms with Crippen LogP contribution in [0.3, 0.4) is 0 Å². The van der Waals surface area contributed by atoms with Crippen molar-refractivity contribution in [2.24, 2.45) is 5.73 Å². The number of hydrogen-bond donors (Lipinski definition) is 1. The molecule has 1 aliphatic rings. The third-order valence-corrected chi connectivity index (χ3v) is 3.33. The molecule has 3 heteroatoms. The molecule has 2 nitrogen and oxygen atoms in total. The summed E-state index contributed by atoms with van der Waals surface area (Å²) in [6, 6.07) is 7.20. The summed E-state index contributed by atoms with van der Waals surface area (Å²) in [5.41, 5.74) is 7.89. The van der Waals surface area contributed by atoms with Gasteiger partial charge in [-0.05, 0) is 24.6 Å². The van der Waals surface area contributed by atoms with Gasteiger partial charge in [-0.3, -0.25) is 0 Å². The fourth-order valence-corrected chi connectivity index (χ4v) is 2.53. The first-order valence-corrected chi connectivity index (χ1v) is 5.29. The first kappa shape index (κ1) is 8.92. The van der Waals surface area contributed by atoms with Gasteiger partial charge in [-0.2, -0.15) is 0 Å². The highest BCUT2D eigenvalue weighted by molar-refractivity contribution is 5.82. The Morgan fingerprint density at radius 3 is 3.13 bits per heavy atom. The van der Waals surface area contributed by atoms with Crippen molar-refractivity contribution in [2.45, 2.75) is 18.9 Å². The minimum atomic E-state index is -0.134. The number of hydrogen-bond acceptors (Lipinski definition) is 1. The van der Waals surface area contributed by atoms with Gasteiger partial charge in [0.1, 0.15) is 5.82 Å². The van der Waals surface area contributed by atoms with E-state index in [1.165, 1.54) is 11.8 Å². The van der Waals surface area contributed by atoms with Crippen molar-refractivity contribution in [3.8, 4) is 0 Å². The maximum Gasteiger partial charge on any atom is 0.132 e. The molecule has 0 spiro atoms. The summed E-state index contributed by atoms with van der Waals surface area (Å²) in [7, 11) is 0.